The first-order valence-electron chi connectivity index (χ1n) is 14.1. The number of halogens is 1. The Labute approximate surface area is 243 Å². The van der Waals surface area contributed by atoms with Crippen molar-refractivity contribution in [3.8, 4) is 11.1 Å². The maximum Gasteiger partial charge on any atom is 0.317 e. The molecule has 1 saturated carbocycles. The smallest absolute Gasteiger partial charge is 0.317 e. The average Bonchev–Trinajstić information content (AvgIpc) is 3.61. The Kier molecular flexibility index (Phi) is 8.15. The van der Waals surface area contributed by atoms with E-state index in [4.69, 9.17) is 4.52 Å². The standard InChI is InChI=1S/C30H37FN8O3/c1-30(2,3)24-15-23(38-42-24)28(40)33-16-18-11-10-17(14-20(18)31)19-12-13-32-26-25(19)27(37-36-26)34-21-8-6-7-9-22(21)35-29(41)39(4)5/h10-15,21-22H,6-9,16H2,1-5H3,(H,33,40)(H,35,41)(H2,32,34,36,37)/t21-,22-/m1/s1. The Morgan fingerprint density at radius 2 is 1.88 bits per heavy atom. The van der Waals surface area contributed by atoms with Crippen molar-refractivity contribution in [2.45, 2.75) is 70.5 Å². The van der Waals surface area contributed by atoms with E-state index >= 15 is 4.39 Å². The SMILES string of the molecule is CN(C)C(=O)N[C@@H]1CCCC[C@H]1Nc1n[nH]c2nccc(-c3ccc(CNC(=O)c4cc(C(C)(C)C)on4)c(F)c3)c12. The molecule has 5 rings (SSSR count). The number of H-pyrrole nitrogens is 1. The first-order valence-corrected chi connectivity index (χ1v) is 14.1. The van der Waals surface area contributed by atoms with Crippen LogP contribution in [-0.2, 0) is 12.0 Å². The van der Waals surface area contributed by atoms with Gasteiger partial charge in [0.25, 0.3) is 5.91 Å². The number of pyridine rings is 1. The summed E-state index contributed by atoms with van der Waals surface area (Å²) in [6.07, 6.45) is 5.46. The van der Waals surface area contributed by atoms with Crippen LogP contribution in [0.4, 0.5) is 15.0 Å². The number of aromatic amines is 1. The Bertz CT molecular complexity index is 1590. The number of nitrogens with zero attached hydrogens (tertiary/aromatic N) is 4. The second-order valence-corrected chi connectivity index (χ2v) is 12.0. The third-order valence-electron chi connectivity index (χ3n) is 7.55. The van der Waals surface area contributed by atoms with E-state index in [9.17, 15) is 9.59 Å². The fourth-order valence-corrected chi connectivity index (χ4v) is 5.10. The summed E-state index contributed by atoms with van der Waals surface area (Å²) < 4.78 is 20.6. The zero-order valence-corrected chi connectivity index (χ0v) is 24.5. The van der Waals surface area contributed by atoms with Crippen molar-refractivity contribution in [1.29, 1.82) is 0 Å². The second-order valence-electron chi connectivity index (χ2n) is 12.0. The Morgan fingerprint density at radius 1 is 1.12 bits per heavy atom. The maximum absolute atomic E-state index is 15.3. The van der Waals surface area contributed by atoms with Crippen LogP contribution in [0.5, 0.6) is 0 Å². The molecule has 0 bridgehead atoms. The van der Waals surface area contributed by atoms with Crippen LogP contribution < -0.4 is 16.0 Å². The fraction of sp³-hybridized carbons (Fsp3) is 0.433. The molecule has 42 heavy (non-hydrogen) atoms. The Balaban J connectivity index is 1.34. The molecule has 1 aromatic carbocycles. The minimum Gasteiger partial charge on any atom is -0.363 e. The molecule has 0 radical (unpaired) electrons. The highest BCUT2D eigenvalue weighted by molar-refractivity contribution is 6.00. The molecule has 0 spiro atoms. The van der Waals surface area contributed by atoms with Gasteiger partial charge in [-0.05, 0) is 36.1 Å². The summed E-state index contributed by atoms with van der Waals surface area (Å²) in [5.74, 6) is 0.302. The molecule has 1 fully saturated rings. The van der Waals surface area contributed by atoms with E-state index in [1.807, 2.05) is 32.9 Å². The number of fused-ring (bicyclic) bond motifs is 1. The van der Waals surface area contributed by atoms with E-state index in [2.05, 4.69) is 36.3 Å². The molecule has 12 heteroatoms. The van der Waals surface area contributed by atoms with Gasteiger partial charge in [-0.25, -0.2) is 14.2 Å². The van der Waals surface area contributed by atoms with Gasteiger partial charge < -0.3 is 25.4 Å². The molecule has 2 atom stereocenters. The zero-order valence-electron chi connectivity index (χ0n) is 24.5. The van der Waals surface area contributed by atoms with Crippen LogP contribution in [0.3, 0.4) is 0 Å². The topological polar surface area (TPSA) is 141 Å². The summed E-state index contributed by atoms with van der Waals surface area (Å²) in [5.41, 5.74) is 2.18. The van der Waals surface area contributed by atoms with E-state index in [-0.39, 0.29) is 35.8 Å². The van der Waals surface area contributed by atoms with Gasteiger partial charge in [-0.1, -0.05) is 50.9 Å². The normalized spacial score (nSPS) is 17.2. The van der Waals surface area contributed by atoms with Crippen LogP contribution in [0, 0.1) is 5.82 Å². The number of nitrogens with one attached hydrogen (secondary N) is 4. The number of carbonyl (C=O) groups excluding carboxylic acids is 2. The largest absolute Gasteiger partial charge is 0.363 e. The summed E-state index contributed by atoms with van der Waals surface area (Å²) in [6.45, 7) is 5.88. The molecule has 3 amide bonds. The van der Waals surface area contributed by atoms with Crippen molar-refractivity contribution in [3.63, 3.8) is 0 Å². The lowest BCUT2D eigenvalue weighted by atomic mass is 9.90. The summed E-state index contributed by atoms with van der Waals surface area (Å²) in [6, 6.07) is 8.13. The molecule has 1 aliphatic rings. The minimum absolute atomic E-state index is 0.00529. The number of amides is 3. The van der Waals surface area contributed by atoms with Crippen molar-refractivity contribution in [2.75, 3.05) is 19.4 Å². The molecule has 0 saturated heterocycles. The molecular weight excluding hydrogens is 539 g/mol. The zero-order chi connectivity index (χ0) is 30.0. The summed E-state index contributed by atoms with van der Waals surface area (Å²) in [5, 5.41) is 21.4. The van der Waals surface area contributed by atoms with Gasteiger partial charge in [-0.2, -0.15) is 5.10 Å². The molecule has 0 aliphatic heterocycles. The van der Waals surface area contributed by atoms with Gasteiger partial charge in [0.2, 0.25) is 0 Å². The highest BCUT2D eigenvalue weighted by Gasteiger charge is 2.29. The second kappa shape index (κ2) is 11.8. The third kappa shape index (κ3) is 6.22. The Morgan fingerprint density at radius 3 is 2.57 bits per heavy atom. The lowest BCUT2D eigenvalue weighted by Crippen LogP contribution is -2.51. The number of rotatable bonds is 7. The van der Waals surface area contributed by atoms with Gasteiger partial charge >= 0.3 is 6.03 Å². The van der Waals surface area contributed by atoms with Crippen molar-refractivity contribution in [3.05, 3.63) is 59.4 Å². The molecule has 0 unspecified atom stereocenters. The predicted molar refractivity (Wildman–Crippen MR) is 158 cm³/mol. The molecule has 4 N–H and O–H groups in total. The van der Waals surface area contributed by atoms with Gasteiger partial charge in [-0.3, -0.25) is 9.89 Å². The monoisotopic (exact) mass is 576 g/mol. The molecule has 1 aliphatic carbocycles. The van der Waals surface area contributed by atoms with Gasteiger partial charge in [0.1, 0.15) is 11.6 Å². The molecular formula is C30H37FN8O3. The molecule has 222 valence electrons. The van der Waals surface area contributed by atoms with Crippen molar-refractivity contribution >= 4 is 28.8 Å². The quantitative estimate of drug-likeness (QED) is 0.243. The number of anilines is 1. The average molecular weight is 577 g/mol. The molecule has 3 aromatic heterocycles. The van der Waals surface area contributed by atoms with Crippen molar-refractivity contribution in [2.24, 2.45) is 0 Å². The van der Waals surface area contributed by atoms with E-state index in [1.165, 1.54) is 11.0 Å². The molecule has 11 nitrogen and oxygen atoms in total. The Hall–Kier alpha value is -4.48. The van der Waals surface area contributed by atoms with E-state index in [1.54, 1.807) is 32.4 Å². The lowest BCUT2D eigenvalue weighted by molar-refractivity contribution is 0.0941. The molecule has 4 aromatic rings. The van der Waals surface area contributed by atoms with Crippen molar-refractivity contribution < 1.29 is 18.5 Å². The van der Waals surface area contributed by atoms with Gasteiger partial charge in [0.05, 0.1) is 11.4 Å². The van der Waals surface area contributed by atoms with Crippen LogP contribution in [0.15, 0.2) is 41.1 Å². The van der Waals surface area contributed by atoms with Crippen LogP contribution in [-0.4, -0.2) is 63.4 Å². The van der Waals surface area contributed by atoms with Crippen LogP contribution in [0.2, 0.25) is 0 Å². The number of hydrogen-bond acceptors (Lipinski definition) is 7. The van der Waals surface area contributed by atoms with Gasteiger partial charge in [-0.15, -0.1) is 0 Å². The maximum atomic E-state index is 15.3. The van der Waals surface area contributed by atoms with Gasteiger partial charge in [0, 0.05) is 49.9 Å². The van der Waals surface area contributed by atoms with Crippen LogP contribution in [0.1, 0.15) is 68.3 Å². The predicted octanol–water partition coefficient (Wildman–Crippen LogP) is 4.97. The summed E-state index contributed by atoms with van der Waals surface area (Å²) in [4.78, 5) is 30.9. The van der Waals surface area contributed by atoms with E-state index < -0.39 is 11.7 Å². The van der Waals surface area contributed by atoms with E-state index in [0.29, 0.717) is 28.4 Å². The fourth-order valence-electron chi connectivity index (χ4n) is 5.10. The van der Waals surface area contributed by atoms with Crippen LogP contribution >= 0.6 is 0 Å². The number of hydrogen-bond donors (Lipinski definition) is 4. The van der Waals surface area contributed by atoms with Crippen molar-refractivity contribution in [1.82, 2.24) is 35.9 Å². The molecule has 3 heterocycles. The number of carbonyl (C=O) groups is 2. The lowest BCUT2D eigenvalue weighted by Gasteiger charge is -2.33. The minimum atomic E-state index is -0.454. The third-order valence-corrected chi connectivity index (χ3v) is 7.55. The first-order chi connectivity index (χ1) is 20.0. The highest BCUT2D eigenvalue weighted by Crippen LogP contribution is 2.34. The first kappa shape index (κ1) is 29.0. The summed E-state index contributed by atoms with van der Waals surface area (Å²) in [7, 11) is 3.44. The number of aromatic nitrogens is 4. The van der Waals surface area contributed by atoms with Crippen LogP contribution in [0.25, 0.3) is 22.2 Å². The number of urea groups is 1. The number of benzene rings is 1. The summed E-state index contributed by atoms with van der Waals surface area (Å²) >= 11 is 0. The van der Waals surface area contributed by atoms with E-state index in [0.717, 1.165) is 36.6 Å². The highest BCUT2D eigenvalue weighted by atomic mass is 19.1. The van der Waals surface area contributed by atoms with Gasteiger partial charge in [0.15, 0.2) is 17.2 Å².